The Bertz CT molecular complexity index is 1150. The van der Waals surface area contributed by atoms with E-state index in [1.54, 1.807) is 30.3 Å². The van der Waals surface area contributed by atoms with Crippen LogP contribution in [0.5, 0.6) is 5.75 Å². The summed E-state index contributed by atoms with van der Waals surface area (Å²) in [6.45, 7) is 0.279. The molecule has 1 heterocycles. The number of aromatic amines is 1. The summed E-state index contributed by atoms with van der Waals surface area (Å²) < 4.78 is 10.7. The van der Waals surface area contributed by atoms with E-state index in [0.29, 0.717) is 22.4 Å². The first-order chi connectivity index (χ1) is 13.2. The van der Waals surface area contributed by atoms with Gasteiger partial charge in [0, 0.05) is 16.8 Å². The lowest BCUT2D eigenvalue weighted by molar-refractivity contribution is 0.102. The van der Waals surface area contributed by atoms with E-state index in [0.717, 1.165) is 11.3 Å². The fraction of sp³-hybridized carbons (Fsp3) is 0.0476. The summed E-state index contributed by atoms with van der Waals surface area (Å²) in [5, 5.41) is 2.84. The number of benzene rings is 3. The molecule has 27 heavy (non-hydrogen) atoms. The molecule has 0 spiro atoms. The van der Waals surface area contributed by atoms with Crippen LogP contribution in [-0.2, 0) is 6.61 Å². The van der Waals surface area contributed by atoms with Gasteiger partial charge in [0.15, 0.2) is 5.58 Å². The highest BCUT2D eigenvalue weighted by Gasteiger charge is 2.12. The van der Waals surface area contributed by atoms with Gasteiger partial charge in [-0.15, -0.1) is 0 Å². The first-order valence-electron chi connectivity index (χ1n) is 8.39. The molecule has 6 heteroatoms. The number of ether oxygens (including phenoxy) is 1. The zero-order valence-electron chi connectivity index (χ0n) is 14.3. The fourth-order valence-electron chi connectivity index (χ4n) is 2.77. The first-order valence-corrected chi connectivity index (χ1v) is 8.39. The van der Waals surface area contributed by atoms with Gasteiger partial charge in [-0.05, 0) is 36.4 Å². The van der Waals surface area contributed by atoms with Crippen molar-refractivity contribution < 1.29 is 13.9 Å². The Kier molecular flexibility index (Phi) is 4.45. The lowest BCUT2D eigenvalue weighted by atomic mass is 10.1. The SMILES string of the molecule is O=C(Nc1ccc2oc(=O)[nH]c2c1)c1ccccc1COc1ccccc1. The van der Waals surface area contributed by atoms with Gasteiger partial charge in [-0.3, -0.25) is 9.78 Å². The summed E-state index contributed by atoms with van der Waals surface area (Å²) >= 11 is 0. The summed E-state index contributed by atoms with van der Waals surface area (Å²) in [6, 6.07) is 21.7. The normalized spacial score (nSPS) is 10.7. The molecule has 0 fully saturated rings. The quantitative estimate of drug-likeness (QED) is 0.564. The Labute approximate surface area is 154 Å². The van der Waals surface area contributed by atoms with Gasteiger partial charge < -0.3 is 14.5 Å². The summed E-state index contributed by atoms with van der Waals surface area (Å²) in [5.41, 5.74) is 2.82. The average molecular weight is 360 g/mol. The maximum absolute atomic E-state index is 12.7. The van der Waals surface area contributed by atoms with Crippen molar-refractivity contribution in [2.45, 2.75) is 6.61 Å². The molecule has 0 bridgehead atoms. The predicted octanol–water partition coefficient (Wildman–Crippen LogP) is 3.95. The Hall–Kier alpha value is -3.80. The van der Waals surface area contributed by atoms with E-state index < -0.39 is 5.76 Å². The summed E-state index contributed by atoms with van der Waals surface area (Å²) in [7, 11) is 0. The molecule has 0 unspecified atom stereocenters. The third kappa shape index (κ3) is 3.74. The number of para-hydroxylation sites is 1. The van der Waals surface area contributed by atoms with Crippen molar-refractivity contribution in [3.05, 3.63) is 94.5 Å². The van der Waals surface area contributed by atoms with E-state index >= 15 is 0 Å². The second kappa shape index (κ2) is 7.21. The number of H-pyrrole nitrogens is 1. The molecular formula is C21H16N2O4. The molecule has 0 radical (unpaired) electrons. The molecule has 0 saturated heterocycles. The number of carbonyl (C=O) groups excluding carboxylic acids is 1. The van der Waals surface area contributed by atoms with Gasteiger partial charge in [0.05, 0.1) is 5.52 Å². The van der Waals surface area contributed by atoms with Gasteiger partial charge in [0.2, 0.25) is 0 Å². The van der Waals surface area contributed by atoms with E-state index in [2.05, 4.69) is 10.3 Å². The standard InChI is InChI=1S/C21H16N2O4/c24-20(22-15-10-11-19-18(12-15)23-21(25)27-19)17-9-5-4-6-14(17)13-26-16-7-2-1-3-8-16/h1-12H,13H2,(H,22,24)(H,23,25). The third-order valence-electron chi connectivity index (χ3n) is 4.08. The number of nitrogens with one attached hydrogen (secondary N) is 2. The minimum Gasteiger partial charge on any atom is -0.489 e. The van der Waals surface area contributed by atoms with Crippen LogP contribution in [-0.4, -0.2) is 10.9 Å². The van der Waals surface area contributed by atoms with E-state index in [-0.39, 0.29) is 12.5 Å². The first kappa shape index (κ1) is 16.7. The molecule has 1 amide bonds. The van der Waals surface area contributed by atoms with Crippen LogP contribution in [0.1, 0.15) is 15.9 Å². The predicted molar refractivity (Wildman–Crippen MR) is 102 cm³/mol. The van der Waals surface area contributed by atoms with Gasteiger partial charge in [-0.2, -0.15) is 0 Å². The summed E-state index contributed by atoms with van der Waals surface area (Å²) in [5.74, 6) is -0.0496. The van der Waals surface area contributed by atoms with Gasteiger partial charge >= 0.3 is 5.76 Å². The van der Waals surface area contributed by atoms with E-state index in [1.807, 2.05) is 42.5 Å². The van der Waals surface area contributed by atoms with Crippen molar-refractivity contribution >= 4 is 22.7 Å². The molecule has 2 N–H and O–H groups in total. The number of anilines is 1. The van der Waals surface area contributed by atoms with Crippen molar-refractivity contribution in [3.8, 4) is 5.75 Å². The summed E-state index contributed by atoms with van der Waals surface area (Å²) in [6.07, 6.45) is 0. The maximum Gasteiger partial charge on any atom is 0.417 e. The number of aromatic nitrogens is 1. The van der Waals surface area contributed by atoms with E-state index in [4.69, 9.17) is 9.15 Å². The molecule has 0 aliphatic carbocycles. The molecule has 1 aromatic heterocycles. The molecule has 4 aromatic rings. The van der Waals surface area contributed by atoms with Crippen molar-refractivity contribution in [3.63, 3.8) is 0 Å². The van der Waals surface area contributed by atoms with Crippen LogP contribution >= 0.6 is 0 Å². The molecule has 4 rings (SSSR count). The molecule has 3 aromatic carbocycles. The Balaban J connectivity index is 1.53. The van der Waals surface area contributed by atoms with Crippen molar-refractivity contribution in [1.29, 1.82) is 0 Å². The van der Waals surface area contributed by atoms with Crippen molar-refractivity contribution in [2.75, 3.05) is 5.32 Å². The highest BCUT2D eigenvalue weighted by atomic mass is 16.5. The minimum atomic E-state index is -0.531. The Morgan fingerprint density at radius 3 is 2.63 bits per heavy atom. The molecular weight excluding hydrogens is 344 g/mol. The van der Waals surface area contributed by atoms with Crippen LogP contribution in [0.15, 0.2) is 82.0 Å². The van der Waals surface area contributed by atoms with Crippen LogP contribution in [0.2, 0.25) is 0 Å². The van der Waals surface area contributed by atoms with Gasteiger partial charge in [-0.1, -0.05) is 36.4 Å². The number of carbonyl (C=O) groups is 1. The lowest BCUT2D eigenvalue weighted by Gasteiger charge is -2.11. The minimum absolute atomic E-state index is 0.257. The monoisotopic (exact) mass is 360 g/mol. The van der Waals surface area contributed by atoms with Gasteiger partial charge in [0.25, 0.3) is 5.91 Å². The molecule has 134 valence electrons. The number of amides is 1. The molecule has 0 aliphatic rings. The fourth-order valence-corrected chi connectivity index (χ4v) is 2.77. The molecule has 0 atom stereocenters. The van der Waals surface area contributed by atoms with E-state index in [9.17, 15) is 9.59 Å². The highest BCUT2D eigenvalue weighted by molar-refractivity contribution is 6.05. The van der Waals surface area contributed by atoms with Crippen molar-refractivity contribution in [1.82, 2.24) is 4.98 Å². The third-order valence-corrected chi connectivity index (χ3v) is 4.08. The van der Waals surface area contributed by atoms with Crippen LogP contribution < -0.4 is 15.8 Å². The molecule has 0 saturated carbocycles. The summed E-state index contributed by atoms with van der Waals surface area (Å²) in [4.78, 5) is 26.5. The average Bonchev–Trinajstić information content (AvgIpc) is 3.06. The van der Waals surface area contributed by atoms with Crippen LogP contribution in [0.4, 0.5) is 5.69 Å². The van der Waals surface area contributed by atoms with E-state index in [1.165, 1.54) is 0 Å². The van der Waals surface area contributed by atoms with Crippen LogP contribution in [0.25, 0.3) is 11.1 Å². The Morgan fingerprint density at radius 2 is 1.78 bits per heavy atom. The molecule has 6 nitrogen and oxygen atoms in total. The maximum atomic E-state index is 12.7. The highest BCUT2D eigenvalue weighted by Crippen LogP contribution is 2.19. The number of oxazole rings is 1. The number of hydrogen-bond donors (Lipinski definition) is 2. The second-order valence-corrected chi connectivity index (χ2v) is 5.94. The number of rotatable bonds is 5. The zero-order chi connectivity index (χ0) is 18.6. The van der Waals surface area contributed by atoms with Crippen molar-refractivity contribution in [2.24, 2.45) is 0 Å². The zero-order valence-corrected chi connectivity index (χ0v) is 14.3. The topological polar surface area (TPSA) is 84.3 Å². The smallest absolute Gasteiger partial charge is 0.417 e. The van der Waals surface area contributed by atoms with Crippen LogP contribution in [0, 0.1) is 0 Å². The van der Waals surface area contributed by atoms with Gasteiger partial charge in [-0.25, -0.2) is 4.79 Å². The van der Waals surface area contributed by atoms with Crippen LogP contribution in [0.3, 0.4) is 0 Å². The number of fused-ring (bicyclic) bond motifs is 1. The second-order valence-electron chi connectivity index (χ2n) is 5.94. The van der Waals surface area contributed by atoms with Gasteiger partial charge in [0.1, 0.15) is 12.4 Å². The number of hydrogen-bond acceptors (Lipinski definition) is 4. The Morgan fingerprint density at radius 1 is 1.00 bits per heavy atom. The lowest BCUT2D eigenvalue weighted by Crippen LogP contribution is -2.15. The largest absolute Gasteiger partial charge is 0.489 e. The molecule has 0 aliphatic heterocycles.